The number of hydrogen-bond acceptors (Lipinski definition) is 5. The Labute approximate surface area is 168 Å². The van der Waals surface area contributed by atoms with Gasteiger partial charge in [0.05, 0.1) is 11.2 Å². The smallest absolute Gasteiger partial charge is 0.183 e. The van der Waals surface area contributed by atoms with Gasteiger partial charge in [-0.25, -0.2) is 19.3 Å². The molecule has 1 aliphatic carbocycles. The second-order valence-corrected chi connectivity index (χ2v) is 7.67. The summed E-state index contributed by atoms with van der Waals surface area (Å²) >= 11 is 6.08. The van der Waals surface area contributed by atoms with Gasteiger partial charge < -0.3 is 15.6 Å². The van der Waals surface area contributed by atoms with Gasteiger partial charge in [0, 0.05) is 35.4 Å². The summed E-state index contributed by atoms with van der Waals surface area (Å²) in [5.41, 5.74) is 1.44. The molecule has 0 bridgehead atoms. The highest BCUT2D eigenvalue weighted by molar-refractivity contribution is 6.31. The van der Waals surface area contributed by atoms with Gasteiger partial charge in [0.15, 0.2) is 17.5 Å². The van der Waals surface area contributed by atoms with Crippen LogP contribution in [0.4, 0.5) is 10.2 Å². The summed E-state index contributed by atoms with van der Waals surface area (Å²) in [5, 5.41) is 8.25. The first kappa shape index (κ1) is 19.1. The normalized spacial score (nSPS) is 19.8. The Morgan fingerprint density at radius 2 is 2.04 bits per heavy atom. The van der Waals surface area contributed by atoms with Gasteiger partial charge in [-0.05, 0) is 31.9 Å². The minimum Gasteiger partial charge on any atom is -0.363 e. The molecule has 4 rings (SSSR count). The van der Waals surface area contributed by atoms with Crippen molar-refractivity contribution in [2.75, 3.05) is 11.9 Å². The minimum absolute atomic E-state index is 0.150. The van der Waals surface area contributed by atoms with Crippen molar-refractivity contribution in [3.05, 3.63) is 35.5 Å². The molecule has 3 N–H and O–H groups in total. The second-order valence-electron chi connectivity index (χ2n) is 7.24. The number of nitrogens with one attached hydrogen (secondary N) is 3. The first-order valence-corrected chi connectivity index (χ1v) is 10.2. The third-order valence-electron chi connectivity index (χ3n) is 5.23. The number of pyridine rings is 1. The molecule has 0 aliphatic heterocycles. The molecular weight excluding hydrogens is 379 g/mol. The highest BCUT2D eigenvalue weighted by Crippen LogP contribution is 2.29. The maximum Gasteiger partial charge on any atom is 0.183 e. The third-order valence-corrected chi connectivity index (χ3v) is 5.43. The quantitative estimate of drug-likeness (QED) is 0.564. The van der Waals surface area contributed by atoms with Crippen LogP contribution >= 0.6 is 11.6 Å². The van der Waals surface area contributed by atoms with E-state index < -0.39 is 5.82 Å². The Balaban J connectivity index is 1.62. The Morgan fingerprint density at radius 1 is 1.21 bits per heavy atom. The van der Waals surface area contributed by atoms with Crippen LogP contribution in [0.1, 0.15) is 39.0 Å². The molecule has 2 atom stereocenters. The topological polar surface area (TPSA) is 78.5 Å². The number of aromatic nitrogens is 4. The fourth-order valence-corrected chi connectivity index (χ4v) is 3.97. The van der Waals surface area contributed by atoms with Crippen molar-refractivity contribution in [2.45, 2.75) is 51.1 Å². The summed E-state index contributed by atoms with van der Waals surface area (Å²) < 4.78 is 14.5. The van der Waals surface area contributed by atoms with Crippen LogP contribution in [0.3, 0.4) is 0 Å². The largest absolute Gasteiger partial charge is 0.363 e. The second kappa shape index (κ2) is 8.41. The van der Waals surface area contributed by atoms with E-state index in [1.165, 1.54) is 12.6 Å². The average Bonchev–Trinajstić information content (AvgIpc) is 3.12. The van der Waals surface area contributed by atoms with Gasteiger partial charge in [-0.1, -0.05) is 31.4 Å². The fourth-order valence-electron chi connectivity index (χ4n) is 3.81. The number of hydrogen-bond donors (Lipinski definition) is 3. The standard InChI is InChI=1S/C20H24ClFN6/c1-2-7-23-16-5-3-4-6-17(16)27-20-15(22)11-26-19(28-20)14-10-25-18-13(14)8-12(21)9-24-18/h8-11,16-17,23H,2-7H2,1H3,(H,24,25)(H,26,27,28)/t16-,17+/m1/s1. The SMILES string of the molecule is CCCN[C@@H]1CCCC[C@@H]1Nc1nc(-c2c[nH]c3ncc(Cl)cc23)ncc1F. The van der Waals surface area contributed by atoms with E-state index in [4.69, 9.17) is 11.6 Å². The molecule has 1 fully saturated rings. The van der Waals surface area contributed by atoms with Crippen molar-refractivity contribution < 1.29 is 4.39 Å². The zero-order valence-corrected chi connectivity index (χ0v) is 16.6. The maximum atomic E-state index is 14.5. The maximum absolute atomic E-state index is 14.5. The van der Waals surface area contributed by atoms with E-state index in [1.807, 2.05) is 0 Å². The number of aromatic amines is 1. The lowest BCUT2D eigenvalue weighted by Gasteiger charge is -2.33. The van der Waals surface area contributed by atoms with Crippen LogP contribution < -0.4 is 10.6 Å². The van der Waals surface area contributed by atoms with E-state index in [-0.39, 0.29) is 11.9 Å². The lowest BCUT2D eigenvalue weighted by atomic mass is 9.90. The number of H-pyrrole nitrogens is 1. The summed E-state index contributed by atoms with van der Waals surface area (Å²) in [6, 6.07) is 2.28. The number of rotatable bonds is 6. The van der Waals surface area contributed by atoms with Gasteiger partial charge in [-0.15, -0.1) is 0 Å². The molecule has 3 aromatic rings. The van der Waals surface area contributed by atoms with Crippen LogP contribution in [0.25, 0.3) is 22.4 Å². The van der Waals surface area contributed by atoms with Gasteiger partial charge in [-0.3, -0.25) is 0 Å². The number of nitrogens with zero attached hydrogens (tertiary/aromatic N) is 3. The summed E-state index contributed by atoms with van der Waals surface area (Å²) in [7, 11) is 0. The lowest BCUT2D eigenvalue weighted by molar-refractivity contribution is 0.343. The molecule has 0 spiro atoms. The van der Waals surface area contributed by atoms with Gasteiger partial charge in [0.1, 0.15) is 5.65 Å². The van der Waals surface area contributed by atoms with Crippen LogP contribution in [0.2, 0.25) is 5.02 Å². The molecule has 1 saturated carbocycles. The summed E-state index contributed by atoms with van der Waals surface area (Å²) in [4.78, 5) is 16.0. The number of fused-ring (bicyclic) bond motifs is 1. The van der Waals surface area contributed by atoms with E-state index in [0.29, 0.717) is 22.5 Å². The minimum atomic E-state index is -0.445. The Morgan fingerprint density at radius 3 is 2.86 bits per heavy atom. The molecule has 3 aromatic heterocycles. The molecular formula is C20H24ClFN6. The fraction of sp³-hybridized carbons (Fsp3) is 0.450. The molecule has 1 aliphatic rings. The third kappa shape index (κ3) is 3.95. The predicted molar refractivity (Wildman–Crippen MR) is 110 cm³/mol. The zero-order valence-electron chi connectivity index (χ0n) is 15.8. The molecule has 148 valence electrons. The van der Waals surface area contributed by atoms with E-state index in [9.17, 15) is 4.39 Å². The molecule has 28 heavy (non-hydrogen) atoms. The molecule has 6 nitrogen and oxygen atoms in total. The van der Waals surface area contributed by atoms with Gasteiger partial charge in [-0.2, -0.15) is 0 Å². The molecule has 3 heterocycles. The van der Waals surface area contributed by atoms with Crippen LogP contribution in [0.15, 0.2) is 24.7 Å². The van der Waals surface area contributed by atoms with Crippen molar-refractivity contribution >= 4 is 28.5 Å². The van der Waals surface area contributed by atoms with Crippen LogP contribution in [-0.4, -0.2) is 38.6 Å². The highest BCUT2D eigenvalue weighted by Gasteiger charge is 2.26. The van der Waals surface area contributed by atoms with E-state index in [0.717, 1.165) is 43.2 Å². The van der Waals surface area contributed by atoms with E-state index in [1.54, 1.807) is 18.5 Å². The Kier molecular flexibility index (Phi) is 5.73. The summed E-state index contributed by atoms with van der Waals surface area (Å²) in [6.07, 6.45) is 10.1. The Hall–Kier alpha value is -2.25. The van der Waals surface area contributed by atoms with E-state index >= 15 is 0 Å². The van der Waals surface area contributed by atoms with Crippen molar-refractivity contribution in [1.82, 2.24) is 25.3 Å². The molecule has 0 amide bonds. The number of anilines is 1. The summed E-state index contributed by atoms with van der Waals surface area (Å²) in [6.45, 7) is 3.11. The Bertz CT molecular complexity index is 959. The zero-order chi connectivity index (χ0) is 19.5. The average molecular weight is 403 g/mol. The highest BCUT2D eigenvalue weighted by atomic mass is 35.5. The van der Waals surface area contributed by atoms with Gasteiger partial charge in [0.2, 0.25) is 0 Å². The van der Waals surface area contributed by atoms with Crippen molar-refractivity contribution in [3.63, 3.8) is 0 Å². The summed E-state index contributed by atoms with van der Waals surface area (Å²) in [5.74, 6) is 0.234. The van der Waals surface area contributed by atoms with Crippen molar-refractivity contribution in [2.24, 2.45) is 0 Å². The first-order valence-electron chi connectivity index (χ1n) is 9.81. The number of halogens is 2. The van der Waals surface area contributed by atoms with Gasteiger partial charge >= 0.3 is 0 Å². The molecule has 8 heteroatoms. The van der Waals surface area contributed by atoms with Crippen LogP contribution in [0.5, 0.6) is 0 Å². The van der Waals surface area contributed by atoms with Gasteiger partial charge in [0.25, 0.3) is 0 Å². The van der Waals surface area contributed by atoms with Crippen LogP contribution in [-0.2, 0) is 0 Å². The molecule has 0 radical (unpaired) electrons. The van der Waals surface area contributed by atoms with E-state index in [2.05, 4.69) is 37.5 Å². The molecule has 0 saturated heterocycles. The molecule has 0 unspecified atom stereocenters. The molecule has 0 aromatic carbocycles. The van der Waals surface area contributed by atoms with Crippen molar-refractivity contribution in [1.29, 1.82) is 0 Å². The van der Waals surface area contributed by atoms with Crippen LogP contribution in [0, 0.1) is 5.82 Å². The first-order chi connectivity index (χ1) is 13.7. The van der Waals surface area contributed by atoms with Crippen molar-refractivity contribution in [3.8, 4) is 11.4 Å². The predicted octanol–water partition coefficient (Wildman–Crippen LogP) is 4.54. The lowest BCUT2D eigenvalue weighted by Crippen LogP contribution is -2.46. The monoisotopic (exact) mass is 402 g/mol.